The molecule has 0 atom stereocenters. The monoisotopic (exact) mass is 300 g/mol. The van der Waals surface area contributed by atoms with E-state index < -0.39 is 0 Å². The summed E-state index contributed by atoms with van der Waals surface area (Å²) in [4.78, 5) is 22.8. The van der Waals surface area contributed by atoms with Crippen molar-refractivity contribution in [3.05, 3.63) is 0 Å². The molecule has 0 heterocycles. The Kier molecular flexibility index (Phi) is 13.2. The first-order valence-electron chi connectivity index (χ1n) is 8.37. The van der Waals surface area contributed by atoms with Crippen LogP contribution in [0.25, 0.3) is 0 Å². The van der Waals surface area contributed by atoms with Gasteiger partial charge in [-0.2, -0.15) is 0 Å². The predicted molar refractivity (Wildman–Crippen MR) is 84.0 cm³/mol. The predicted octanol–water partition coefficient (Wildman–Crippen LogP) is 4.26. The molecule has 0 spiro atoms. The minimum absolute atomic E-state index is 0.118. The van der Waals surface area contributed by atoms with Gasteiger partial charge in [-0.3, -0.25) is 9.59 Å². The topological polar surface area (TPSA) is 52.6 Å². The molecule has 0 unspecified atom stereocenters. The summed E-state index contributed by atoms with van der Waals surface area (Å²) in [5.74, 6) is -0.100. The van der Waals surface area contributed by atoms with E-state index in [0.717, 1.165) is 19.3 Å². The molecule has 0 N–H and O–H groups in total. The Labute approximate surface area is 129 Å². The zero-order chi connectivity index (χ0) is 15.9. The van der Waals surface area contributed by atoms with E-state index in [9.17, 15) is 9.59 Å². The fraction of sp³-hybridized carbons (Fsp3) is 0.882. The number of rotatable bonds is 13. The summed E-state index contributed by atoms with van der Waals surface area (Å²) >= 11 is 0. The highest BCUT2D eigenvalue weighted by Gasteiger charge is 2.09. The Bertz CT molecular complexity index is 274. The summed E-state index contributed by atoms with van der Waals surface area (Å²) in [6.07, 6.45) is 8.08. The van der Waals surface area contributed by atoms with Crippen LogP contribution in [-0.4, -0.2) is 25.2 Å². The Hall–Kier alpha value is -1.06. The maximum absolute atomic E-state index is 11.4. The molecule has 0 radical (unpaired) electrons. The van der Waals surface area contributed by atoms with E-state index in [1.165, 1.54) is 25.7 Å². The average Bonchev–Trinajstić information content (AvgIpc) is 2.43. The van der Waals surface area contributed by atoms with Crippen LogP contribution in [-0.2, 0) is 19.1 Å². The van der Waals surface area contributed by atoms with Gasteiger partial charge in [-0.15, -0.1) is 0 Å². The standard InChI is InChI=1S/C17H32O4/c1-4-5-6-7-8-9-13-20-16(18)10-11-17(19)21-14-12-15(2)3/h15H,4-14H2,1-3H3. The lowest BCUT2D eigenvalue weighted by atomic mass is 10.1. The van der Waals surface area contributed by atoms with Gasteiger partial charge >= 0.3 is 11.9 Å². The van der Waals surface area contributed by atoms with Gasteiger partial charge in [0.2, 0.25) is 0 Å². The van der Waals surface area contributed by atoms with Crippen molar-refractivity contribution in [1.29, 1.82) is 0 Å². The van der Waals surface area contributed by atoms with Crippen molar-refractivity contribution in [3.8, 4) is 0 Å². The number of carbonyl (C=O) groups excluding carboxylic acids is 2. The number of ether oxygens (including phenoxy) is 2. The highest BCUT2D eigenvalue weighted by Crippen LogP contribution is 2.06. The molecule has 4 nitrogen and oxygen atoms in total. The van der Waals surface area contributed by atoms with Gasteiger partial charge in [-0.1, -0.05) is 52.9 Å². The van der Waals surface area contributed by atoms with Crippen LogP contribution in [0.1, 0.15) is 78.6 Å². The van der Waals surface area contributed by atoms with Gasteiger partial charge in [0.1, 0.15) is 0 Å². The van der Waals surface area contributed by atoms with Crippen LogP contribution >= 0.6 is 0 Å². The average molecular weight is 300 g/mol. The molecular formula is C17H32O4. The number of unbranched alkanes of at least 4 members (excludes halogenated alkanes) is 5. The first-order valence-corrected chi connectivity index (χ1v) is 8.37. The molecule has 0 aliphatic heterocycles. The van der Waals surface area contributed by atoms with Crippen molar-refractivity contribution < 1.29 is 19.1 Å². The van der Waals surface area contributed by atoms with E-state index in [0.29, 0.717) is 19.1 Å². The van der Waals surface area contributed by atoms with Crippen LogP contribution in [0.3, 0.4) is 0 Å². The minimum atomic E-state index is -0.313. The lowest BCUT2D eigenvalue weighted by Crippen LogP contribution is -2.12. The van der Waals surface area contributed by atoms with Gasteiger partial charge in [-0.25, -0.2) is 0 Å². The summed E-state index contributed by atoms with van der Waals surface area (Å²) in [5.41, 5.74) is 0. The minimum Gasteiger partial charge on any atom is -0.466 e. The third kappa shape index (κ3) is 15.2. The molecule has 0 aliphatic rings. The number of esters is 2. The van der Waals surface area contributed by atoms with Crippen LogP contribution in [0.4, 0.5) is 0 Å². The van der Waals surface area contributed by atoms with E-state index >= 15 is 0 Å². The molecule has 0 aromatic heterocycles. The van der Waals surface area contributed by atoms with Crippen molar-refractivity contribution in [3.63, 3.8) is 0 Å². The molecule has 0 aromatic carbocycles. The first-order chi connectivity index (χ1) is 10.1. The zero-order valence-corrected chi connectivity index (χ0v) is 14.0. The SMILES string of the molecule is CCCCCCCCOC(=O)CCC(=O)OCCC(C)C. The molecular weight excluding hydrogens is 268 g/mol. The zero-order valence-electron chi connectivity index (χ0n) is 14.0. The summed E-state index contributed by atoms with van der Waals surface area (Å²) in [7, 11) is 0. The summed E-state index contributed by atoms with van der Waals surface area (Å²) in [5, 5.41) is 0. The van der Waals surface area contributed by atoms with Crippen LogP contribution in [0.5, 0.6) is 0 Å². The van der Waals surface area contributed by atoms with Gasteiger partial charge in [0.05, 0.1) is 26.1 Å². The molecule has 0 saturated carbocycles. The number of hydrogen-bond acceptors (Lipinski definition) is 4. The third-order valence-electron chi connectivity index (χ3n) is 3.25. The van der Waals surface area contributed by atoms with Crippen molar-refractivity contribution >= 4 is 11.9 Å². The van der Waals surface area contributed by atoms with Crippen LogP contribution < -0.4 is 0 Å². The summed E-state index contributed by atoms with van der Waals surface area (Å²) in [6, 6.07) is 0. The van der Waals surface area contributed by atoms with Gasteiger partial charge in [0, 0.05) is 0 Å². The van der Waals surface area contributed by atoms with Crippen molar-refractivity contribution in [1.82, 2.24) is 0 Å². The molecule has 0 fully saturated rings. The molecule has 0 rings (SSSR count). The second-order valence-electron chi connectivity index (χ2n) is 5.89. The van der Waals surface area contributed by atoms with Gasteiger partial charge in [0.25, 0.3) is 0 Å². The molecule has 21 heavy (non-hydrogen) atoms. The summed E-state index contributed by atoms with van der Waals surface area (Å²) < 4.78 is 10.1. The Morgan fingerprint density at radius 3 is 1.90 bits per heavy atom. The fourth-order valence-corrected chi connectivity index (χ4v) is 1.83. The van der Waals surface area contributed by atoms with E-state index in [1.807, 2.05) is 0 Å². The molecule has 0 aliphatic carbocycles. The van der Waals surface area contributed by atoms with Crippen LogP contribution in [0.15, 0.2) is 0 Å². The van der Waals surface area contributed by atoms with Crippen LogP contribution in [0, 0.1) is 5.92 Å². The Morgan fingerprint density at radius 1 is 0.810 bits per heavy atom. The van der Waals surface area contributed by atoms with E-state index in [-0.39, 0.29) is 24.8 Å². The second kappa shape index (κ2) is 13.9. The molecule has 0 amide bonds. The third-order valence-corrected chi connectivity index (χ3v) is 3.25. The largest absolute Gasteiger partial charge is 0.466 e. The second-order valence-corrected chi connectivity index (χ2v) is 5.89. The lowest BCUT2D eigenvalue weighted by molar-refractivity contribution is -0.150. The number of hydrogen-bond donors (Lipinski definition) is 0. The first kappa shape index (κ1) is 19.9. The van der Waals surface area contributed by atoms with E-state index in [2.05, 4.69) is 20.8 Å². The van der Waals surface area contributed by atoms with Gasteiger partial charge in [0.15, 0.2) is 0 Å². The fourth-order valence-electron chi connectivity index (χ4n) is 1.83. The highest BCUT2D eigenvalue weighted by molar-refractivity contribution is 5.77. The van der Waals surface area contributed by atoms with Crippen molar-refractivity contribution in [2.24, 2.45) is 5.92 Å². The maximum Gasteiger partial charge on any atom is 0.306 e. The van der Waals surface area contributed by atoms with Crippen LogP contribution in [0.2, 0.25) is 0 Å². The van der Waals surface area contributed by atoms with E-state index in [4.69, 9.17) is 9.47 Å². The molecule has 124 valence electrons. The molecule has 0 bridgehead atoms. The van der Waals surface area contributed by atoms with Crippen molar-refractivity contribution in [2.45, 2.75) is 78.6 Å². The van der Waals surface area contributed by atoms with Crippen molar-refractivity contribution in [2.75, 3.05) is 13.2 Å². The number of carbonyl (C=O) groups is 2. The van der Waals surface area contributed by atoms with Gasteiger partial charge < -0.3 is 9.47 Å². The van der Waals surface area contributed by atoms with E-state index in [1.54, 1.807) is 0 Å². The maximum atomic E-state index is 11.4. The Morgan fingerprint density at radius 2 is 1.33 bits per heavy atom. The smallest absolute Gasteiger partial charge is 0.306 e. The molecule has 0 aromatic rings. The molecule has 4 heteroatoms. The normalized spacial score (nSPS) is 10.7. The lowest BCUT2D eigenvalue weighted by Gasteiger charge is -2.07. The highest BCUT2D eigenvalue weighted by atomic mass is 16.5. The molecule has 0 saturated heterocycles. The Balaban J connectivity index is 3.39. The summed E-state index contributed by atoms with van der Waals surface area (Å²) in [6.45, 7) is 7.24. The van der Waals surface area contributed by atoms with Gasteiger partial charge in [-0.05, 0) is 18.8 Å². The quantitative estimate of drug-likeness (QED) is 0.377.